The van der Waals surface area contributed by atoms with Crippen molar-refractivity contribution < 1.29 is 74.8 Å². The second-order valence-corrected chi connectivity index (χ2v) is 10.2. The molecule has 16 heteroatoms. The lowest BCUT2D eigenvalue weighted by molar-refractivity contribution is -0.278. The predicted molar refractivity (Wildman–Crippen MR) is 140 cm³/mol. The van der Waals surface area contributed by atoms with E-state index in [0.29, 0.717) is 0 Å². The molecule has 3 aromatic rings. The molecule has 0 unspecified atom stereocenters. The highest BCUT2D eigenvalue weighted by Crippen LogP contribution is 2.46. The fourth-order valence-electron chi connectivity index (χ4n) is 5.14. The average molecular weight is 611 g/mol. The smallest absolute Gasteiger partial charge is 0.238 e. The summed E-state index contributed by atoms with van der Waals surface area (Å²) in [6, 6.07) is 5.85. The first-order valence-corrected chi connectivity index (χ1v) is 13.0. The van der Waals surface area contributed by atoms with E-state index in [1.807, 2.05) is 0 Å². The van der Waals surface area contributed by atoms with Crippen LogP contribution in [0.4, 0.5) is 0 Å². The summed E-state index contributed by atoms with van der Waals surface area (Å²) in [5.41, 5.74) is -2.09. The van der Waals surface area contributed by atoms with Crippen molar-refractivity contribution in [3.05, 3.63) is 46.1 Å². The van der Waals surface area contributed by atoms with Crippen molar-refractivity contribution in [3.8, 4) is 34.3 Å². The minimum atomic E-state index is -1.99. The minimum Gasteiger partial charge on any atom is -0.508 e. The summed E-state index contributed by atoms with van der Waals surface area (Å²) in [5, 5.41) is 113. The van der Waals surface area contributed by atoms with E-state index in [0.717, 1.165) is 6.07 Å². The van der Waals surface area contributed by atoms with Crippen molar-refractivity contribution in [1.29, 1.82) is 0 Å². The second kappa shape index (κ2) is 11.9. The first kappa shape index (κ1) is 30.9. The van der Waals surface area contributed by atoms with Crippen molar-refractivity contribution in [2.24, 2.45) is 0 Å². The second-order valence-electron chi connectivity index (χ2n) is 10.2. The average Bonchev–Trinajstić information content (AvgIpc) is 2.99. The van der Waals surface area contributed by atoms with Gasteiger partial charge in [-0.3, -0.25) is 4.79 Å². The van der Waals surface area contributed by atoms with Gasteiger partial charge in [0.1, 0.15) is 77.6 Å². The lowest BCUT2D eigenvalue weighted by Gasteiger charge is -2.42. The Balaban J connectivity index is 1.76. The molecule has 11 N–H and O–H groups in total. The van der Waals surface area contributed by atoms with Gasteiger partial charge in [0.05, 0.1) is 18.8 Å². The maximum Gasteiger partial charge on any atom is 0.238 e. The van der Waals surface area contributed by atoms with Crippen molar-refractivity contribution in [3.63, 3.8) is 0 Å². The molecule has 0 bridgehead atoms. The molecular formula is C27H30O16. The van der Waals surface area contributed by atoms with Crippen LogP contribution >= 0.6 is 0 Å². The molecular weight excluding hydrogens is 580 g/mol. The van der Waals surface area contributed by atoms with E-state index >= 15 is 0 Å². The quantitative estimate of drug-likeness (QED) is 0.135. The summed E-state index contributed by atoms with van der Waals surface area (Å²) in [4.78, 5) is 13.3. The van der Waals surface area contributed by atoms with Crippen LogP contribution < -0.4 is 10.2 Å². The Morgan fingerprint density at radius 2 is 1.33 bits per heavy atom. The lowest BCUT2D eigenvalue weighted by atomic mass is 9.89. The molecule has 2 aromatic carbocycles. The van der Waals surface area contributed by atoms with Crippen LogP contribution in [-0.2, 0) is 9.47 Å². The number of fused-ring (bicyclic) bond motifs is 1. The van der Waals surface area contributed by atoms with Gasteiger partial charge in [0, 0.05) is 11.6 Å². The number of aliphatic hydroxyl groups excluding tert-OH is 8. The van der Waals surface area contributed by atoms with Gasteiger partial charge in [-0.2, -0.15) is 0 Å². The first-order valence-electron chi connectivity index (χ1n) is 13.0. The maximum absolute atomic E-state index is 13.3. The van der Waals surface area contributed by atoms with Crippen molar-refractivity contribution in [1.82, 2.24) is 0 Å². The number of aliphatic hydroxyl groups is 8. The van der Waals surface area contributed by atoms with Gasteiger partial charge >= 0.3 is 0 Å². The van der Waals surface area contributed by atoms with Crippen molar-refractivity contribution in [2.75, 3.05) is 13.2 Å². The van der Waals surface area contributed by atoms with Gasteiger partial charge in [0.2, 0.25) is 17.5 Å². The highest BCUT2D eigenvalue weighted by atomic mass is 16.7. The van der Waals surface area contributed by atoms with Gasteiger partial charge in [-0.15, -0.1) is 0 Å². The molecule has 0 spiro atoms. The minimum absolute atomic E-state index is 0.0776. The summed E-state index contributed by atoms with van der Waals surface area (Å²) in [6.45, 7) is -1.65. The molecule has 5 rings (SSSR count). The molecule has 0 amide bonds. The highest BCUT2D eigenvalue weighted by Gasteiger charge is 2.48. The SMILES string of the molecule is O=c1c(O)c(-c2ccc(O)cc2)oc2c([C@@H]3O[C@H](CO)[C@@H](O)[C@H](O)[C@H]3O)c(O[C@@H]3O[C@H](CO)[C@@H](O)[C@H](O)[C@H]3O)cc(O)c12. The van der Waals surface area contributed by atoms with Crippen molar-refractivity contribution >= 4 is 11.0 Å². The highest BCUT2D eigenvalue weighted by molar-refractivity contribution is 5.91. The standard InChI is InChI=1S/C27H30O16/c28-6-12-16(32)19(35)22(38)26(40-12)15-11(41-27-23(39)20(36)17(33)13(7-29)42-27)5-10(31)14-18(34)21(37)24(43-25(14)15)8-1-3-9(30)4-2-8/h1-5,12-13,16-17,19-20,22-23,26-33,35-39H,6-7H2/t12-,13-,16-,17-,19+,20+,22-,23-,26+,27-/m1/s1. The van der Waals surface area contributed by atoms with E-state index < -0.39 is 119 Å². The van der Waals surface area contributed by atoms with Crippen LogP contribution in [0.3, 0.4) is 0 Å². The van der Waals surface area contributed by atoms with Crippen LogP contribution in [0, 0.1) is 0 Å². The predicted octanol–water partition coefficient (Wildman–Crippen LogP) is -2.73. The zero-order valence-electron chi connectivity index (χ0n) is 22.0. The summed E-state index contributed by atoms with van der Waals surface area (Å²) in [5.74, 6) is -2.95. The molecule has 0 radical (unpaired) electrons. The molecule has 10 atom stereocenters. The third-order valence-corrected chi connectivity index (χ3v) is 7.52. The summed E-state index contributed by atoms with van der Waals surface area (Å²) in [7, 11) is 0. The summed E-state index contributed by atoms with van der Waals surface area (Å²) < 4.78 is 22.7. The maximum atomic E-state index is 13.3. The zero-order valence-corrected chi connectivity index (χ0v) is 22.0. The molecule has 2 fully saturated rings. The Kier molecular flexibility index (Phi) is 8.52. The fourth-order valence-corrected chi connectivity index (χ4v) is 5.14. The molecule has 0 saturated carbocycles. The van der Waals surface area contributed by atoms with E-state index in [4.69, 9.17) is 18.6 Å². The van der Waals surface area contributed by atoms with Crippen molar-refractivity contribution in [2.45, 2.75) is 61.2 Å². The third-order valence-electron chi connectivity index (χ3n) is 7.52. The Hall–Kier alpha value is -3.55. The topological polar surface area (TPSA) is 280 Å². The molecule has 2 saturated heterocycles. The number of phenolic OH excluding ortho intramolecular Hbond substituents is 2. The van der Waals surface area contributed by atoms with Crippen LogP contribution in [0.15, 0.2) is 39.5 Å². The molecule has 16 nitrogen and oxygen atoms in total. The van der Waals surface area contributed by atoms with Gasteiger partial charge < -0.3 is 74.8 Å². The number of phenols is 2. The molecule has 0 aliphatic carbocycles. The zero-order chi connectivity index (χ0) is 31.3. The van der Waals surface area contributed by atoms with Gasteiger partial charge in [-0.1, -0.05) is 0 Å². The van der Waals surface area contributed by atoms with Crippen LogP contribution in [0.2, 0.25) is 0 Å². The number of aromatic hydroxyl groups is 3. The van der Waals surface area contributed by atoms with Crippen LogP contribution in [0.1, 0.15) is 11.7 Å². The van der Waals surface area contributed by atoms with E-state index in [1.165, 1.54) is 24.3 Å². The van der Waals surface area contributed by atoms with E-state index in [-0.39, 0.29) is 11.3 Å². The van der Waals surface area contributed by atoms with Gasteiger partial charge in [-0.05, 0) is 24.3 Å². The number of hydrogen-bond donors (Lipinski definition) is 11. The van der Waals surface area contributed by atoms with Gasteiger partial charge in [0.15, 0.2) is 11.3 Å². The fraction of sp³-hybridized carbons (Fsp3) is 0.444. The first-order chi connectivity index (χ1) is 20.4. The largest absolute Gasteiger partial charge is 0.508 e. The molecule has 3 heterocycles. The monoisotopic (exact) mass is 610 g/mol. The molecule has 234 valence electrons. The number of rotatable bonds is 6. The Morgan fingerprint density at radius 3 is 1.93 bits per heavy atom. The molecule has 43 heavy (non-hydrogen) atoms. The van der Waals surface area contributed by atoms with Crippen LogP contribution in [0.5, 0.6) is 23.0 Å². The normalized spacial score (nSPS) is 33.0. The van der Waals surface area contributed by atoms with E-state index in [9.17, 15) is 61.0 Å². The lowest BCUT2D eigenvalue weighted by Crippen LogP contribution is -2.60. The van der Waals surface area contributed by atoms with Gasteiger partial charge in [0.25, 0.3) is 0 Å². The number of hydrogen-bond acceptors (Lipinski definition) is 16. The van der Waals surface area contributed by atoms with Crippen LogP contribution in [0.25, 0.3) is 22.3 Å². The Bertz CT molecular complexity index is 1520. The summed E-state index contributed by atoms with van der Waals surface area (Å²) >= 11 is 0. The number of benzene rings is 2. The third kappa shape index (κ3) is 5.27. The number of ether oxygens (including phenoxy) is 3. The molecule has 2 aliphatic heterocycles. The van der Waals surface area contributed by atoms with Crippen LogP contribution in [-0.4, -0.2) is 125 Å². The van der Waals surface area contributed by atoms with E-state index in [2.05, 4.69) is 0 Å². The Labute approximate surface area is 241 Å². The van der Waals surface area contributed by atoms with Gasteiger partial charge in [-0.25, -0.2) is 0 Å². The summed E-state index contributed by atoms with van der Waals surface area (Å²) in [6.07, 6.45) is -17.8. The molecule has 1 aromatic heterocycles. The Morgan fingerprint density at radius 1 is 0.744 bits per heavy atom. The molecule has 2 aliphatic rings. The van der Waals surface area contributed by atoms with E-state index in [1.54, 1.807) is 0 Å².